The lowest BCUT2D eigenvalue weighted by molar-refractivity contribution is -0.301. The van der Waals surface area contributed by atoms with E-state index < -0.39 is 67.3 Å². The van der Waals surface area contributed by atoms with Crippen molar-refractivity contribution in [3.8, 4) is 0 Å². The second-order valence-corrected chi connectivity index (χ2v) is 21.6. The maximum atomic E-state index is 13.2. The largest absolute Gasteiger partial charge is 0.479 e. The van der Waals surface area contributed by atoms with E-state index in [4.69, 9.17) is 23.7 Å². The summed E-state index contributed by atoms with van der Waals surface area (Å²) in [6.07, 6.45) is 72.4. The fourth-order valence-corrected chi connectivity index (χ4v) is 8.94. The molecule has 1 aliphatic heterocycles. The fourth-order valence-electron chi connectivity index (χ4n) is 8.94. The van der Waals surface area contributed by atoms with Crippen molar-refractivity contribution in [1.29, 1.82) is 0 Å². The van der Waals surface area contributed by atoms with Crippen LogP contribution in [0.2, 0.25) is 0 Å². The summed E-state index contributed by atoms with van der Waals surface area (Å²) in [5, 5.41) is 31.6. The number of aliphatic carboxylic acids is 1. The van der Waals surface area contributed by atoms with Gasteiger partial charge >= 0.3 is 23.9 Å². The van der Waals surface area contributed by atoms with Crippen LogP contribution in [0, 0.1) is 0 Å². The summed E-state index contributed by atoms with van der Waals surface area (Å²) in [4.78, 5) is 51.4. The van der Waals surface area contributed by atoms with Gasteiger partial charge in [0.15, 0.2) is 24.6 Å². The van der Waals surface area contributed by atoms with E-state index >= 15 is 0 Å². The highest BCUT2D eigenvalue weighted by atomic mass is 16.7. The molecular weight excluding hydrogens is 1070 g/mol. The first kappa shape index (κ1) is 77.6. The van der Waals surface area contributed by atoms with Crippen LogP contribution in [0.5, 0.6) is 0 Å². The predicted molar refractivity (Wildman–Crippen MR) is 349 cm³/mol. The van der Waals surface area contributed by atoms with Gasteiger partial charge in [-0.25, -0.2) is 4.79 Å². The quantitative estimate of drug-likeness (QED) is 0.0228. The molecule has 1 aliphatic rings. The first-order chi connectivity index (χ1) is 41.6. The van der Waals surface area contributed by atoms with Gasteiger partial charge < -0.3 is 39.0 Å². The molecular formula is C73H114O12. The maximum Gasteiger partial charge on any atom is 0.335 e. The minimum atomic E-state index is -1.93. The van der Waals surface area contributed by atoms with Crippen LogP contribution in [-0.2, 0) is 42.9 Å². The minimum absolute atomic E-state index is 0.0323. The van der Waals surface area contributed by atoms with E-state index in [-0.39, 0.29) is 25.9 Å². The Kier molecular flexibility index (Phi) is 53.8. The van der Waals surface area contributed by atoms with Gasteiger partial charge in [-0.2, -0.15) is 0 Å². The van der Waals surface area contributed by atoms with E-state index in [9.17, 15) is 34.5 Å². The van der Waals surface area contributed by atoms with Gasteiger partial charge in [0.2, 0.25) is 0 Å². The van der Waals surface area contributed by atoms with Crippen molar-refractivity contribution in [1.82, 2.24) is 0 Å². The lowest BCUT2D eigenvalue weighted by Gasteiger charge is -2.40. The molecule has 0 amide bonds. The first-order valence-corrected chi connectivity index (χ1v) is 32.8. The van der Waals surface area contributed by atoms with Gasteiger partial charge in [0, 0.05) is 19.3 Å². The van der Waals surface area contributed by atoms with E-state index in [1.807, 2.05) is 12.2 Å². The monoisotopic (exact) mass is 1180 g/mol. The molecule has 1 fully saturated rings. The van der Waals surface area contributed by atoms with E-state index in [0.717, 1.165) is 161 Å². The van der Waals surface area contributed by atoms with Crippen LogP contribution in [-0.4, -0.2) is 89.2 Å². The molecule has 0 aromatic carbocycles. The third kappa shape index (κ3) is 48.4. The Hall–Kier alpha value is -5.40. The normalized spacial score (nSPS) is 18.4. The summed E-state index contributed by atoms with van der Waals surface area (Å²) < 4.78 is 28.4. The van der Waals surface area contributed by atoms with Gasteiger partial charge in [-0.15, -0.1) is 0 Å². The Morgan fingerprint density at radius 3 is 1.18 bits per heavy atom. The zero-order valence-electron chi connectivity index (χ0n) is 52.8. The Labute approximate surface area is 514 Å². The standard InChI is InChI=1S/C73H114O12/c1-4-7-10-13-16-19-22-25-28-31-33-36-38-41-44-47-50-53-56-59-65(74)81-62-64(83-66(75)60-57-54-51-48-45-42-40-37-34-32-29-26-23-20-17-14-11-8-5-2)63-82-73-71(69(78)68(77)70(85-73)72(79)80)84-67(76)61-58-55-52-49-46-43-39-35-30-27-24-21-18-15-12-9-6-3/h7,9-10,12,16-21,25-30,33-34,36-37,41,44,50,53,64,68-71,73,77-78H,4-6,8,11,13-15,22-24,31-32,35,38-40,42-43,45-49,51-52,54-63H2,1-3H3,(H,79,80)/b10-7-,12-9-,19-16-,20-17-,21-18-,28-25-,29-26-,30-27-,36-33-,37-34-,44-41-,53-50-. The van der Waals surface area contributed by atoms with Crippen molar-refractivity contribution in [2.75, 3.05) is 13.2 Å². The average Bonchev–Trinajstić information content (AvgIpc) is 3.46. The maximum absolute atomic E-state index is 13.2. The summed E-state index contributed by atoms with van der Waals surface area (Å²) in [6.45, 7) is 5.67. The van der Waals surface area contributed by atoms with E-state index in [2.05, 4.69) is 154 Å². The van der Waals surface area contributed by atoms with Gasteiger partial charge in [-0.05, 0) is 128 Å². The van der Waals surface area contributed by atoms with Crippen LogP contribution in [0.25, 0.3) is 0 Å². The number of ether oxygens (including phenoxy) is 5. The summed E-state index contributed by atoms with van der Waals surface area (Å²) in [7, 11) is 0. The van der Waals surface area contributed by atoms with Crippen molar-refractivity contribution in [3.05, 3.63) is 146 Å². The second-order valence-electron chi connectivity index (χ2n) is 21.6. The molecule has 0 aliphatic carbocycles. The molecule has 1 rings (SSSR count). The Balaban J connectivity index is 2.73. The van der Waals surface area contributed by atoms with Crippen LogP contribution in [0.1, 0.15) is 239 Å². The van der Waals surface area contributed by atoms with Crippen LogP contribution >= 0.6 is 0 Å². The highest BCUT2D eigenvalue weighted by Crippen LogP contribution is 2.26. The van der Waals surface area contributed by atoms with Crippen LogP contribution in [0.4, 0.5) is 0 Å². The Morgan fingerprint density at radius 2 is 0.765 bits per heavy atom. The second kappa shape index (κ2) is 59.0. The Bertz CT molecular complexity index is 2030. The lowest BCUT2D eigenvalue weighted by Crippen LogP contribution is -2.61. The molecule has 6 unspecified atom stereocenters. The third-order valence-electron chi connectivity index (χ3n) is 13.9. The number of unbranched alkanes of at least 4 members (excludes halogenated alkanes) is 16. The molecule has 0 saturated carbocycles. The van der Waals surface area contributed by atoms with Crippen molar-refractivity contribution in [3.63, 3.8) is 0 Å². The lowest BCUT2D eigenvalue weighted by atomic mass is 9.98. The van der Waals surface area contributed by atoms with Crippen LogP contribution in [0.15, 0.2) is 146 Å². The van der Waals surface area contributed by atoms with Crippen molar-refractivity contribution in [2.24, 2.45) is 0 Å². The number of esters is 3. The number of carboxylic acids is 1. The van der Waals surface area contributed by atoms with Gasteiger partial charge in [0.25, 0.3) is 0 Å². The molecule has 3 N–H and O–H groups in total. The predicted octanol–water partition coefficient (Wildman–Crippen LogP) is 17.9. The van der Waals surface area contributed by atoms with Crippen molar-refractivity contribution in [2.45, 2.75) is 276 Å². The first-order valence-electron chi connectivity index (χ1n) is 32.8. The zero-order chi connectivity index (χ0) is 61.7. The van der Waals surface area contributed by atoms with Gasteiger partial charge in [-0.1, -0.05) is 237 Å². The molecule has 0 aromatic heterocycles. The molecule has 0 spiro atoms. The van der Waals surface area contributed by atoms with E-state index in [1.54, 1.807) is 0 Å². The number of hydrogen-bond acceptors (Lipinski definition) is 11. The smallest absolute Gasteiger partial charge is 0.335 e. The molecule has 85 heavy (non-hydrogen) atoms. The highest BCUT2D eigenvalue weighted by molar-refractivity contribution is 5.74. The average molecular weight is 1180 g/mol. The molecule has 12 nitrogen and oxygen atoms in total. The number of carbonyl (C=O) groups excluding carboxylic acids is 3. The topological polar surface area (TPSA) is 175 Å². The summed E-state index contributed by atoms with van der Waals surface area (Å²) in [5.41, 5.74) is 0. The van der Waals surface area contributed by atoms with Crippen LogP contribution in [0.3, 0.4) is 0 Å². The van der Waals surface area contributed by atoms with Gasteiger partial charge in [0.1, 0.15) is 18.8 Å². The molecule has 0 radical (unpaired) electrons. The molecule has 0 bridgehead atoms. The van der Waals surface area contributed by atoms with Crippen LogP contribution < -0.4 is 0 Å². The number of carbonyl (C=O) groups is 4. The number of carboxylic acid groups (broad SMARTS) is 1. The zero-order valence-corrected chi connectivity index (χ0v) is 52.8. The molecule has 0 aromatic rings. The fraction of sp³-hybridized carbons (Fsp3) is 0.616. The number of hydrogen-bond donors (Lipinski definition) is 3. The van der Waals surface area contributed by atoms with Gasteiger partial charge in [0.05, 0.1) is 6.61 Å². The minimum Gasteiger partial charge on any atom is -0.479 e. The van der Waals surface area contributed by atoms with Crippen molar-refractivity contribution < 1.29 is 58.2 Å². The van der Waals surface area contributed by atoms with Crippen molar-refractivity contribution >= 4 is 23.9 Å². The number of allylic oxidation sites excluding steroid dienone is 24. The number of rotatable bonds is 54. The summed E-state index contributed by atoms with van der Waals surface area (Å²) in [5.74, 6) is -3.28. The van der Waals surface area contributed by atoms with E-state index in [0.29, 0.717) is 19.3 Å². The summed E-state index contributed by atoms with van der Waals surface area (Å²) >= 11 is 0. The number of aliphatic hydroxyl groups is 2. The molecule has 6 atom stereocenters. The molecule has 1 saturated heterocycles. The molecule has 12 heteroatoms. The van der Waals surface area contributed by atoms with Gasteiger partial charge in [-0.3, -0.25) is 14.4 Å². The SMILES string of the molecule is CC/C=C\C/C=C\C/C=C\C/C=C\C/C=C\C/C=C\CCC(=O)OCC(COC1OC(C(=O)O)C(O)C(O)C1OC(=O)CCCCCCCCC/C=C\C/C=C\C/C=C\CC)OC(=O)CCCCCCCC/C=C\C/C=C\C/C=C\CCCCC. The number of aliphatic hydroxyl groups excluding tert-OH is 2. The van der Waals surface area contributed by atoms with E-state index in [1.165, 1.54) is 19.3 Å². The summed E-state index contributed by atoms with van der Waals surface area (Å²) in [6, 6.07) is 0. The third-order valence-corrected chi connectivity index (χ3v) is 13.9. The Morgan fingerprint density at radius 1 is 0.400 bits per heavy atom. The molecule has 478 valence electrons. The highest BCUT2D eigenvalue weighted by Gasteiger charge is 2.50. The molecule has 1 heterocycles.